The molecule has 0 bridgehead atoms. The largest absolute Gasteiger partial charge is 0.491 e. The maximum atomic E-state index is 12.5. The Balaban J connectivity index is 0.00000363. The summed E-state index contributed by atoms with van der Waals surface area (Å²) in [5.74, 6) is 0.336. The highest BCUT2D eigenvalue weighted by Crippen LogP contribution is 2.22. The van der Waals surface area contributed by atoms with E-state index in [0.717, 1.165) is 10.9 Å². The molecule has 0 amide bonds. The molecule has 0 radical (unpaired) electrons. The van der Waals surface area contributed by atoms with Gasteiger partial charge in [-0.15, -0.1) is 12.4 Å². The van der Waals surface area contributed by atoms with Crippen molar-refractivity contribution in [2.75, 3.05) is 6.61 Å². The second-order valence-electron chi connectivity index (χ2n) is 8.63. The summed E-state index contributed by atoms with van der Waals surface area (Å²) in [6.45, 7) is 6.39. The van der Waals surface area contributed by atoms with Gasteiger partial charge in [0.1, 0.15) is 5.75 Å². The number of benzene rings is 2. The Morgan fingerprint density at radius 2 is 1.66 bits per heavy atom. The Hall–Kier alpha value is -2.83. The van der Waals surface area contributed by atoms with Gasteiger partial charge in [0.2, 0.25) is 0 Å². The fourth-order valence-corrected chi connectivity index (χ4v) is 3.38. The van der Waals surface area contributed by atoms with E-state index in [4.69, 9.17) is 9.47 Å². The molecule has 6 nitrogen and oxygen atoms in total. The van der Waals surface area contributed by atoms with E-state index in [0.29, 0.717) is 24.2 Å². The van der Waals surface area contributed by atoms with Crippen LogP contribution in [-0.4, -0.2) is 28.9 Å². The van der Waals surface area contributed by atoms with Crippen LogP contribution in [0.4, 0.5) is 0 Å². The second-order valence-corrected chi connectivity index (χ2v) is 8.63. The average molecular weight is 459 g/mol. The zero-order valence-corrected chi connectivity index (χ0v) is 19.8. The molecule has 3 rings (SSSR count). The third-order valence-corrected chi connectivity index (χ3v) is 4.75. The molecule has 1 unspecified atom stereocenters. The van der Waals surface area contributed by atoms with Crippen LogP contribution in [0.15, 0.2) is 65.6 Å². The fourth-order valence-electron chi connectivity index (χ4n) is 3.38. The quantitative estimate of drug-likeness (QED) is 0.404. The molecule has 1 aromatic heterocycles. The van der Waals surface area contributed by atoms with Gasteiger partial charge in [-0.05, 0) is 32.4 Å². The van der Waals surface area contributed by atoms with E-state index in [2.05, 4.69) is 5.32 Å². The number of hydrogen-bond donors (Lipinski definition) is 1. The first-order chi connectivity index (χ1) is 14.7. The second kappa shape index (κ2) is 11.2. The van der Waals surface area contributed by atoms with Gasteiger partial charge in [-0.1, -0.05) is 48.5 Å². The molecule has 0 fully saturated rings. The number of aromatic nitrogens is 1. The van der Waals surface area contributed by atoms with Gasteiger partial charge in [0, 0.05) is 30.6 Å². The van der Waals surface area contributed by atoms with Crippen molar-refractivity contribution in [2.24, 2.45) is 7.05 Å². The number of nitrogens with one attached hydrogen (secondary N) is 1. The van der Waals surface area contributed by atoms with Crippen LogP contribution in [-0.2, 0) is 23.0 Å². The molecule has 7 heteroatoms. The molecule has 3 aromatic rings. The summed E-state index contributed by atoms with van der Waals surface area (Å²) in [4.78, 5) is 24.8. The van der Waals surface area contributed by atoms with Crippen molar-refractivity contribution >= 4 is 29.1 Å². The fraction of sp³-hybridized carbons (Fsp3) is 0.360. The molecule has 1 heterocycles. The summed E-state index contributed by atoms with van der Waals surface area (Å²) < 4.78 is 13.2. The Morgan fingerprint density at radius 1 is 1.03 bits per heavy atom. The lowest BCUT2D eigenvalue weighted by molar-refractivity contribution is -0.151. The number of nitrogens with zero attached hydrogens (tertiary/aromatic N) is 1. The molecule has 0 spiro atoms. The molecular formula is C25H31ClN2O4. The lowest BCUT2D eigenvalue weighted by atomic mass is 10.1. The number of fused-ring (bicyclic) bond motifs is 1. The van der Waals surface area contributed by atoms with Crippen LogP contribution in [0.1, 0.15) is 32.8 Å². The molecule has 172 valence electrons. The number of pyridine rings is 1. The number of halogens is 1. The number of ether oxygens (including phenoxy) is 2. The Bertz CT molecular complexity index is 1090. The van der Waals surface area contributed by atoms with Gasteiger partial charge in [0.15, 0.2) is 6.23 Å². The van der Waals surface area contributed by atoms with Crippen LogP contribution < -0.4 is 15.6 Å². The first-order valence-corrected chi connectivity index (χ1v) is 10.5. The normalized spacial score (nSPS) is 12.1. The van der Waals surface area contributed by atoms with Gasteiger partial charge in [-0.25, -0.2) is 0 Å². The molecule has 2 aromatic carbocycles. The number of carbonyl (C=O) groups excluding carboxylic acids is 1. The minimum absolute atomic E-state index is 0. The maximum absolute atomic E-state index is 12.5. The summed E-state index contributed by atoms with van der Waals surface area (Å²) in [6.07, 6.45) is 1.89. The van der Waals surface area contributed by atoms with E-state index in [1.165, 1.54) is 4.57 Å². The molecule has 1 N–H and O–H groups in total. The van der Waals surface area contributed by atoms with E-state index in [-0.39, 0.29) is 35.9 Å². The summed E-state index contributed by atoms with van der Waals surface area (Å²) in [6, 6.07) is 16.9. The lowest BCUT2D eigenvalue weighted by Crippen LogP contribution is -2.46. The van der Waals surface area contributed by atoms with Crippen molar-refractivity contribution in [3.8, 4) is 5.75 Å². The molecule has 1 atom stereocenters. The topological polar surface area (TPSA) is 69.6 Å². The average Bonchev–Trinajstić information content (AvgIpc) is 2.71. The summed E-state index contributed by atoms with van der Waals surface area (Å²) in [7, 11) is 1.71. The van der Waals surface area contributed by atoms with Crippen LogP contribution in [0.5, 0.6) is 5.75 Å². The standard InChI is InChI=1S/C25H30N2O4.ClH/c1-25(2,3)26-22(31-23(28)16-18-10-6-5-7-11-18)14-15-30-21-17-27(4)24(29)20-13-9-8-12-19(20)21;/h5-13,17,22,26H,14-16H2,1-4H3;1H. The van der Waals surface area contributed by atoms with E-state index in [1.54, 1.807) is 19.3 Å². The number of aryl methyl sites for hydroxylation is 1. The first-order valence-electron chi connectivity index (χ1n) is 10.5. The number of hydrogen-bond acceptors (Lipinski definition) is 5. The molecule has 0 aliphatic rings. The highest BCUT2D eigenvalue weighted by atomic mass is 35.5. The Kier molecular flexibility index (Phi) is 8.87. The minimum atomic E-state index is -0.491. The van der Waals surface area contributed by atoms with E-state index < -0.39 is 6.23 Å². The van der Waals surface area contributed by atoms with Gasteiger partial charge in [-0.3, -0.25) is 14.9 Å². The monoisotopic (exact) mass is 458 g/mol. The molecule has 0 saturated heterocycles. The number of carbonyl (C=O) groups is 1. The zero-order chi connectivity index (χ0) is 22.4. The van der Waals surface area contributed by atoms with Gasteiger partial charge in [0.05, 0.1) is 18.4 Å². The highest BCUT2D eigenvalue weighted by Gasteiger charge is 2.21. The van der Waals surface area contributed by atoms with Gasteiger partial charge in [0.25, 0.3) is 5.56 Å². The molecule has 0 aliphatic carbocycles. The Labute approximate surface area is 195 Å². The number of rotatable bonds is 8. The third kappa shape index (κ3) is 7.11. The predicted molar refractivity (Wildman–Crippen MR) is 129 cm³/mol. The van der Waals surface area contributed by atoms with Crippen molar-refractivity contribution in [3.63, 3.8) is 0 Å². The smallest absolute Gasteiger partial charge is 0.311 e. The number of esters is 1. The Morgan fingerprint density at radius 3 is 2.31 bits per heavy atom. The molecule has 32 heavy (non-hydrogen) atoms. The molecule has 0 saturated carbocycles. The van der Waals surface area contributed by atoms with Crippen molar-refractivity contribution in [3.05, 3.63) is 76.7 Å². The zero-order valence-electron chi connectivity index (χ0n) is 19.0. The SMILES string of the molecule is Cl.Cn1cc(OCCC(NC(C)(C)C)OC(=O)Cc2ccccc2)c2ccccc2c1=O. The maximum Gasteiger partial charge on any atom is 0.311 e. The summed E-state index contributed by atoms with van der Waals surface area (Å²) in [5.41, 5.74) is 0.612. The van der Waals surface area contributed by atoms with Gasteiger partial charge < -0.3 is 14.0 Å². The van der Waals surface area contributed by atoms with Gasteiger partial charge in [-0.2, -0.15) is 0 Å². The van der Waals surface area contributed by atoms with Crippen molar-refractivity contribution in [1.82, 2.24) is 9.88 Å². The molecular weight excluding hydrogens is 428 g/mol. The van der Waals surface area contributed by atoms with Crippen LogP contribution in [0.25, 0.3) is 10.8 Å². The van der Waals surface area contributed by atoms with Crippen LogP contribution in [0.2, 0.25) is 0 Å². The van der Waals surface area contributed by atoms with Crippen LogP contribution in [0.3, 0.4) is 0 Å². The van der Waals surface area contributed by atoms with Gasteiger partial charge >= 0.3 is 5.97 Å². The summed E-state index contributed by atoms with van der Waals surface area (Å²) in [5, 5.41) is 4.72. The van der Waals surface area contributed by atoms with Crippen molar-refractivity contribution in [2.45, 2.75) is 45.4 Å². The third-order valence-electron chi connectivity index (χ3n) is 4.75. The van der Waals surface area contributed by atoms with E-state index in [9.17, 15) is 9.59 Å². The van der Waals surface area contributed by atoms with E-state index >= 15 is 0 Å². The predicted octanol–water partition coefficient (Wildman–Crippen LogP) is 4.23. The van der Waals surface area contributed by atoms with E-state index in [1.807, 2.05) is 69.3 Å². The summed E-state index contributed by atoms with van der Waals surface area (Å²) >= 11 is 0. The van der Waals surface area contributed by atoms with Crippen LogP contribution >= 0.6 is 12.4 Å². The first kappa shape index (κ1) is 25.4. The lowest BCUT2D eigenvalue weighted by Gasteiger charge is -2.28. The minimum Gasteiger partial charge on any atom is -0.491 e. The van der Waals surface area contributed by atoms with Crippen molar-refractivity contribution < 1.29 is 14.3 Å². The highest BCUT2D eigenvalue weighted by molar-refractivity contribution is 5.87. The van der Waals surface area contributed by atoms with Crippen molar-refractivity contribution in [1.29, 1.82) is 0 Å². The molecule has 0 aliphatic heterocycles. The van der Waals surface area contributed by atoms with Crippen LogP contribution in [0, 0.1) is 0 Å².